The van der Waals surface area contributed by atoms with Gasteiger partial charge in [-0.05, 0) is 0 Å². The topological polar surface area (TPSA) is 108 Å². The van der Waals surface area contributed by atoms with Crippen LogP contribution in [-0.2, 0) is 28.4 Å². The second-order valence-corrected chi connectivity index (χ2v) is 5.89. The third-order valence-electron chi connectivity index (χ3n) is 3.62. The molecule has 3 fully saturated rings. The van der Waals surface area contributed by atoms with Crippen molar-refractivity contribution in [3.63, 3.8) is 0 Å². The Morgan fingerprint density at radius 2 is 1.18 bits per heavy atom. The molecule has 9 heteroatoms. The number of epoxide rings is 3. The highest BCUT2D eigenvalue weighted by Crippen LogP contribution is 2.18. The van der Waals surface area contributed by atoms with Gasteiger partial charge in [-0.3, -0.25) is 10.1 Å². The molecule has 0 saturated carbocycles. The lowest BCUT2D eigenvalue weighted by Crippen LogP contribution is -2.52. The fourth-order valence-corrected chi connectivity index (χ4v) is 1.92. The molecule has 0 radical (unpaired) electrons. The van der Waals surface area contributed by atoms with E-state index >= 15 is 0 Å². The van der Waals surface area contributed by atoms with Gasteiger partial charge >= 0.3 is 0 Å². The van der Waals surface area contributed by atoms with E-state index in [2.05, 4.69) is 0 Å². The molecule has 0 spiro atoms. The predicted molar refractivity (Wildman–Crippen MR) is 71.4 cm³/mol. The highest BCUT2D eigenvalue weighted by molar-refractivity contribution is 4.82. The minimum Gasteiger partial charge on any atom is -0.371 e. The number of nitro groups is 1. The molecular formula is C13H21NO8. The second-order valence-electron chi connectivity index (χ2n) is 5.89. The van der Waals surface area contributed by atoms with Crippen molar-refractivity contribution < 1.29 is 33.3 Å². The zero-order valence-electron chi connectivity index (χ0n) is 12.3. The molecule has 0 aromatic heterocycles. The molecule has 3 aliphatic heterocycles. The number of hydrogen-bond donors (Lipinski definition) is 0. The van der Waals surface area contributed by atoms with Crippen LogP contribution in [0, 0.1) is 10.1 Å². The molecule has 126 valence electrons. The number of nitrogens with zero attached hydrogens (tertiary/aromatic N) is 1. The maximum absolute atomic E-state index is 11.6. The van der Waals surface area contributed by atoms with Crippen LogP contribution in [0.5, 0.6) is 0 Å². The van der Waals surface area contributed by atoms with Crippen molar-refractivity contribution in [1.29, 1.82) is 0 Å². The molecule has 9 nitrogen and oxygen atoms in total. The van der Waals surface area contributed by atoms with Crippen molar-refractivity contribution >= 4 is 0 Å². The van der Waals surface area contributed by atoms with E-state index in [9.17, 15) is 10.1 Å². The van der Waals surface area contributed by atoms with Crippen molar-refractivity contribution in [1.82, 2.24) is 0 Å². The molecule has 0 aromatic carbocycles. The lowest BCUT2D eigenvalue weighted by atomic mass is 10.0. The van der Waals surface area contributed by atoms with Gasteiger partial charge in [0.05, 0.1) is 39.6 Å². The smallest absolute Gasteiger partial charge is 0.290 e. The van der Waals surface area contributed by atoms with Crippen LogP contribution < -0.4 is 0 Å². The van der Waals surface area contributed by atoms with E-state index in [0.29, 0.717) is 39.6 Å². The van der Waals surface area contributed by atoms with Gasteiger partial charge in [-0.1, -0.05) is 0 Å². The molecular weight excluding hydrogens is 298 g/mol. The van der Waals surface area contributed by atoms with E-state index in [-0.39, 0.29) is 43.1 Å². The first kappa shape index (κ1) is 16.0. The van der Waals surface area contributed by atoms with E-state index in [4.69, 9.17) is 28.4 Å². The summed E-state index contributed by atoms with van der Waals surface area (Å²) in [6.45, 7) is 2.79. The number of ether oxygens (including phenoxy) is 6. The molecule has 0 aliphatic carbocycles. The first-order valence-electron chi connectivity index (χ1n) is 7.40. The van der Waals surface area contributed by atoms with Crippen LogP contribution >= 0.6 is 0 Å². The minimum atomic E-state index is -1.42. The summed E-state index contributed by atoms with van der Waals surface area (Å²) in [6, 6.07) is 0. The molecule has 3 rings (SSSR count). The van der Waals surface area contributed by atoms with Gasteiger partial charge in [0.1, 0.15) is 38.1 Å². The Morgan fingerprint density at radius 3 is 1.41 bits per heavy atom. The van der Waals surface area contributed by atoms with Gasteiger partial charge in [0.25, 0.3) is 5.54 Å². The van der Waals surface area contributed by atoms with Crippen molar-refractivity contribution in [2.24, 2.45) is 0 Å². The van der Waals surface area contributed by atoms with E-state index in [1.807, 2.05) is 0 Å². The lowest BCUT2D eigenvalue weighted by molar-refractivity contribution is -0.583. The molecule has 0 amide bonds. The highest BCUT2D eigenvalue weighted by Gasteiger charge is 2.46. The molecule has 3 heterocycles. The Kier molecular flexibility index (Phi) is 5.21. The molecule has 3 saturated heterocycles. The monoisotopic (exact) mass is 319 g/mol. The summed E-state index contributed by atoms with van der Waals surface area (Å²) in [5.74, 6) is 0. The van der Waals surface area contributed by atoms with Crippen LogP contribution in [0.2, 0.25) is 0 Å². The van der Waals surface area contributed by atoms with Crippen molar-refractivity contribution in [2.45, 2.75) is 23.9 Å². The summed E-state index contributed by atoms with van der Waals surface area (Å²) >= 11 is 0. The normalized spacial score (nSPS) is 31.5. The van der Waals surface area contributed by atoms with Gasteiger partial charge in [-0.15, -0.1) is 0 Å². The average molecular weight is 319 g/mol. The summed E-state index contributed by atoms with van der Waals surface area (Å²) in [6.07, 6.45) is 0.183. The van der Waals surface area contributed by atoms with Gasteiger partial charge in [-0.2, -0.15) is 0 Å². The number of hydrogen-bond acceptors (Lipinski definition) is 8. The molecule has 3 atom stereocenters. The fraction of sp³-hybridized carbons (Fsp3) is 1.00. The molecule has 0 N–H and O–H groups in total. The maximum atomic E-state index is 11.6. The molecule has 0 bridgehead atoms. The molecule has 0 aromatic rings. The maximum Gasteiger partial charge on any atom is 0.290 e. The van der Waals surface area contributed by atoms with Gasteiger partial charge in [0, 0.05) is 4.92 Å². The van der Waals surface area contributed by atoms with Gasteiger partial charge < -0.3 is 28.4 Å². The van der Waals surface area contributed by atoms with Crippen LogP contribution in [0.4, 0.5) is 0 Å². The average Bonchev–Trinajstić information content (AvgIpc) is 3.35. The van der Waals surface area contributed by atoms with Crippen LogP contribution in [0.1, 0.15) is 0 Å². The standard InChI is InChI=1S/C13H21NO8/c15-14(16)13(7-17-1-10-4-20-10,8-18-2-11-5-21-11)9-19-3-12-6-22-12/h10-12H,1-9H2. The summed E-state index contributed by atoms with van der Waals surface area (Å²) in [5, 5.41) is 11.6. The molecule has 22 heavy (non-hydrogen) atoms. The SMILES string of the molecule is O=[N+]([O-])C(COCC1CO1)(COCC1CO1)COCC1CO1. The van der Waals surface area contributed by atoms with Crippen LogP contribution in [-0.4, -0.2) is 88.2 Å². The van der Waals surface area contributed by atoms with E-state index < -0.39 is 5.54 Å². The Balaban J connectivity index is 1.48. The Bertz CT molecular complexity index is 335. The van der Waals surface area contributed by atoms with Crippen LogP contribution in [0.3, 0.4) is 0 Å². The minimum absolute atomic E-state index is 0.0611. The zero-order chi connectivity index (χ0) is 15.4. The van der Waals surface area contributed by atoms with Crippen molar-refractivity contribution in [3.05, 3.63) is 10.1 Å². The summed E-state index contributed by atoms with van der Waals surface area (Å²) < 4.78 is 31.4. The Labute approximate surface area is 127 Å². The van der Waals surface area contributed by atoms with E-state index in [0.717, 1.165) is 0 Å². The van der Waals surface area contributed by atoms with Crippen molar-refractivity contribution in [2.75, 3.05) is 59.5 Å². The molecule has 3 unspecified atom stereocenters. The van der Waals surface area contributed by atoms with E-state index in [1.165, 1.54) is 0 Å². The fourth-order valence-electron chi connectivity index (χ4n) is 1.92. The first-order chi connectivity index (χ1) is 10.7. The zero-order valence-corrected chi connectivity index (χ0v) is 12.3. The quantitative estimate of drug-likeness (QED) is 0.248. The largest absolute Gasteiger partial charge is 0.371 e. The first-order valence-corrected chi connectivity index (χ1v) is 7.40. The molecule has 3 aliphatic rings. The van der Waals surface area contributed by atoms with Gasteiger partial charge in [0.2, 0.25) is 0 Å². The third-order valence-corrected chi connectivity index (χ3v) is 3.62. The summed E-state index contributed by atoms with van der Waals surface area (Å²) in [4.78, 5) is 11.2. The third kappa shape index (κ3) is 5.11. The Morgan fingerprint density at radius 1 is 0.864 bits per heavy atom. The summed E-state index contributed by atoms with van der Waals surface area (Å²) in [5.41, 5.74) is -1.42. The summed E-state index contributed by atoms with van der Waals surface area (Å²) in [7, 11) is 0. The van der Waals surface area contributed by atoms with Crippen LogP contribution in [0.15, 0.2) is 0 Å². The van der Waals surface area contributed by atoms with Crippen LogP contribution in [0.25, 0.3) is 0 Å². The van der Waals surface area contributed by atoms with Gasteiger partial charge in [-0.25, -0.2) is 0 Å². The lowest BCUT2D eigenvalue weighted by Gasteiger charge is -2.24. The van der Waals surface area contributed by atoms with Crippen molar-refractivity contribution in [3.8, 4) is 0 Å². The van der Waals surface area contributed by atoms with E-state index in [1.54, 1.807) is 0 Å². The second kappa shape index (κ2) is 7.16. The predicted octanol–water partition coefficient (Wildman–Crippen LogP) is -0.752. The highest BCUT2D eigenvalue weighted by atomic mass is 16.7. The number of rotatable bonds is 13. The Hall–Kier alpha value is -0.840. The van der Waals surface area contributed by atoms with Gasteiger partial charge in [0.15, 0.2) is 0 Å².